The summed E-state index contributed by atoms with van der Waals surface area (Å²) in [5, 5.41) is 32.0. The van der Waals surface area contributed by atoms with Gasteiger partial charge >= 0.3 is 0 Å². The maximum Gasteiger partial charge on any atom is 0.125 e. The van der Waals surface area contributed by atoms with Crippen LogP contribution in [0.5, 0.6) is 11.5 Å². The van der Waals surface area contributed by atoms with Crippen LogP contribution in [-0.2, 0) is 0 Å². The molecule has 0 bridgehead atoms. The first-order valence-electron chi connectivity index (χ1n) is 4.84. The summed E-state index contributed by atoms with van der Waals surface area (Å²) in [6.07, 6.45) is -2.60. The Morgan fingerprint density at radius 1 is 1.47 bits per heavy atom. The van der Waals surface area contributed by atoms with Crippen LogP contribution in [-0.4, -0.2) is 35.1 Å². The molecule has 0 fully saturated rings. The molecular formula is C10H13N3O4. The lowest BCUT2D eigenvalue weighted by Gasteiger charge is -2.17. The second-order valence-electron chi connectivity index (χ2n) is 3.35. The van der Waals surface area contributed by atoms with Gasteiger partial charge in [-0.3, -0.25) is 0 Å². The smallest absolute Gasteiger partial charge is 0.125 e. The maximum absolute atomic E-state index is 9.73. The summed E-state index contributed by atoms with van der Waals surface area (Å²) < 4.78 is 4.88. The van der Waals surface area contributed by atoms with Crippen molar-refractivity contribution in [3.05, 3.63) is 34.2 Å². The average molecular weight is 239 g/mol. The summed E-state index contributed by atoms with van der Waals surface area (Å²) in [7, 11) is 1.45. The van der Waals surface area contributed by atoms with Crippen LogP contribution in [0, 0.1) is 0 Å². The van der Waals surface area contributed by atoms with E-state index in [1.165, 1.54) is 19.2 Å². The Balaban J connectivity index is 2.88. The van der Waals surface area contributed by atoms with Crippen LogP contribution < -0.4 is 4.74 Å². The average Bonchev–Trinajstić information content (AvgIpc) is 2.34. The van der Waals surface area contributed by atoms with Crippen LogP contribution in [0.15, 0.2) is 23.3 Å². The molecule has 0 spiro atoms. The first-order chi connectivity index (χ1) is 8.10. The zero-order valence-electron chi connectivity index (χ0n) is 9.19. The fourth-order valence-corrected chi connectivity index (χ4v) is 1.33. The minimum absolute atomic E-state index is 0.145. The molecule has 0 aliphatic rings. The Bertz CT molecular complexity index is 432. The number of phenols is 1. The number of azide groups is 1. The maximum atomic E-state index is 9.73. The van der Waals surface area contributed by atoms with Gasteiger partial charge in [0, 0.05) is 16.5 Å². The summed E-state index contributed by atoms with van der Waals surface area (Å²) in [6, 6.07) is 4.29. The van der Waals surface area contributed by atoms with Gasteiger partial charge in [0.1, 0.15) is 17.6 Å². The molecule has 2 atom stereocenters. The van der Waals surface area contributed by atoms with Crippen molar-refractivity contribution in [2.75, 3.05) is 13.7 Å². The summed E-state index contributed by atoms with van der Waals surface area (Å²) in [5.41, 5.74) is 8.23. The Kier molecular flexibility index (Phi) is 4.59. The SMILES string of the molecule is COc1ccc(C(O)C(O)CN=[N+]=[N-])c(O)c1. The van der Waals surface area contributed by atoms with Crippen LogP contribution in [0.3, 0.4) is 0 Å². The zero-order valence-corrected chi connectivity index (χ0v) is 9.19. The van der Waals surface area contributed by atoms with E-state index in [1.807, 2.05) is 0 Å². The molecule has 3 N–H and O–H groups in total. The van der Waals surface area contributed by atoms with E-state index in [2.05, 4.69) is 10.0 Å². The third kappa shape index (κ3) is 3.25. The fourth-order valence-electron chi connectivity index (χ4n) is 1.33. The second-order valence-corrected chi connectivity index (χ2v) is 3.35. The first-order valence-corrected chi connectivity index (χ1v) is 4.84. The second kappa shape index (κ2) is 5.95. The van der Waals surface area contributed by atoms with E-state index in [0.717, 1.165) is 0 Å². The predicted octanol–water partition coefficient (Wildman–Crippen LogP) is 1.11. The molecule has 0 aliphatic heterocycles. The predicted molar refractivity (Wildman–Crippen MR) is 59.6 cm³/mol. The lowest BCUT2D eigenvalue weighted by molar-refractivity contribution is 0.0230. The monoisotopic (exact) mass is 239 g/mol. The Labute approximate surface area is 97.5 Å². The van der Waals surface area contributed by atoms with Crippen LogP contribution in [0.1, 0.15) is 11.7 Å². The highest BCUT2D eigenvalue weighted by molar-refractivity contribution is 5.41. The minimum Gasteiger partial charge on any atom is -0.507 e. The molecule has 0 aliphatic carbocycles. The highest BCUT2D eigenvalue weighted by Gasteiger charge is 2.20. The van der Waals surface area contributed by atoms with Crippen molar-refractivity contribution >= 4 is 0 Å². The van der Waals surface area contributed by atoms with Gasteiger partial charge in [-0.15, -0.1) is 0 Å². The number of hydrogen-bond donors (Lipinski definition) is 3. The Morgan fingerprint density at radius 2 is 2.18 bits per heavy atom. The van der Waals surface area contributed by atoms with Crippen LogP contribution >= 0.6 is 0 Å². The largest absolute Gasteiger partial charge is 0.507 e. The first kappa shape index (κ1) is 13.1. The Morgan fingerprint density at radius 3 is 2.71 bits per heavy atom. The molecule has 0 heterocycles. The molecule has 7 heteroatoms. The molecule has 0 saturated carbocycles. The number of nitrogens with zero attached hydrogens (tertiary/aromatic N) is 3. The molecular weight excluding hydrogens is 226 g/mol. The van der Waals surface area contributed by atoms with Gasteiger partial charge in [-0.2, -0.15) is 0 Å². The van der Waals surface area contributed by atoms with E-state index in [1.54, 1.807) is 6.07 Å². The van der Waals surface area contributed by atoms with Gasteiger partial charge in [0.15, 0.2) is 0 Å². The summed E-state index contributed by atoms with van der Waals surface area (Å²) in [4.78, 5) is 2.47. The van der Waals surface area contributed by atoms with Crippen molar-refractivity contribution in [1.29, 1.82) is 0 Å². The molecule has 0 saturated heterocycles. The summed E-state index contributed by atoms with van der Waals surface area (Å²) in [5.74, 6) is 0.236. The van der Waals surface area contributed by atoms with Crippen LogP contribution in [0.4, 0.5) is 0 Å². The molecule has 0 aromatic heterocycles. The molecule has 1 aromatic rings. The van der Waals surface area contributed by atoms with Gasteiger partial charge in [-0.05, 0) is 17.7 Å². The van der Waals surface area contributed by atoms with E-state index in [-0.39, 0.29) is 17.9 Å². The van der Waals surface area contributed by atoms with E-state index >= 15 is 0 Å². The van der Waals surface area contributed by atoms with Crippen molar-refractivity contribution in [3.8, 4) is 11.5 Å². The number of rotatable bonds is 5. The van der Waals surface area contributed by atoms with Gasteiger partial charge in [0.25, 0.3) is 0 Å². The lowest BCUT2D eigenvalue weighted by Crippen LogP contribution is -2.21. The van der Waals surface area contributed by atoms with Crippen molar-refractivity contribution in [3.63, 3.8) is 0 Å². The number of phenolic OH excluding ortho intramolecular Hbond substituents is 1. The van der Waals surface area contributed by atoms with E-state index in [9.17, 15) is 15.3 Å². The Hall–Kier alpha value is -1.95. The number of hydrogen-bond acceptors (Lipinski definition) is 5. The normalized spacial score (nSPS) is 13.6. The van der Waals surface area contributed by atoms with E-state index in [4.69, 9.17) is 10.3 Å². The highest BCUT2D eigenvalue weighted by Crippen LogP contribution is 2.30. The van der Waals surface area contributed by atoms with Crippen LogP contribution in [0.25, 0.3) is 10.4 Å². The summed E-state index contributed by atoms with van der Waals surface area (Å²) in [6.45, 7) is -0.275. The molecule has 92 valence electrons. The standard InChI is InChI=1S/C10H13N3O4/c1-17-6-2-3-7(8(14)4-6)10(16)9(15)5-12-13-11/h2-4,9-10,14-16H,5H2,1H3. The minimum atomic E-state index is -1.33. The van der Waals surface area contributed by atoms with Gasteiger partial charge in [0.2, 0.25) is 0 Å². The number of aliphatic hydroxyl groups excluding tert-OH is 2. The molecule has 1 aromatic carbocycles. The van der Waals surface area contributed by atoms with Crippen molar-refractivity contribution < 1.29 is 20.1 Å². The van der Waals surface area contributed by atoms with Crippen molar-refractivity contribution in [2.45, 2.75) is 12.2 Å². The number of aromatic hydroxyl groups is 1. The molecule has 2 unspecified atom stereocenters. The van der Waals surface area contributed by atoms with Crippen LogP contribution in [0.2, 0.25) is 0 Å². The van der Waals surface area contributed by atoms with Crippen molar-refractivity contribution in [2.24, 2.45) is 5.11 Å². The van der Waals surface area contributed by atoms with Gasteiger partial charge in [-0.1, -0.05) is 5.11 Å². The van der Waals surface area contributed by atoms with Gasteiger partial charge in [0.05, 0.1) is 19.8 Å². The van der Waals surface area contributed by atoms with E-state index < -0.39 is 12.2 Å². The number of ether oxygens (including phenoxy) is 1. The third-order valence-corrected chi connectivity index (χ3v) is 2.25. The molecule has 7 nitrogen and oxygen atoms in total. The lowest BCUT2D eigenvalue weighted by atomic mass is 10.0. The molecule has 17 heavy (non-hydrogen) atoms. The van der Waals surface area contributed by atoms with Gasteiger partial charge in [-0.25, -0.2) is 0 Å². The third-order valence-electron chi connectivity index (χ3n) is 2.25. The van der Waals surface area contributed by atoms with Gasteiger partial charge < -0.3 is 20.1 Å². The number of benzene rings is 1. The molecule has 0 radical (unpaired) electrons. The fraction of sp³-hybridized carbons (Fsp3) is 0.400. The zero-order chi connectivity index (χ0) is 12.8. The highest BCUT2D eigenvalue weighted by atomic mass is 16.5. The number of aliphatic hydroxyl groups is 2. The molecule has 1 rings (SSSR count). The quantitative estimate of drug-likeness (QED) is 0.405. The summed E-state index contributed by atoms with van der Waals surface area (Å²) >= 11 is 0. The number of methoxy groups -OCH3 is 1. The molecule has 0 amide bonds. The topological polar surface area (TPSA) is 119 Å². The van der Waals surface area contributed by atoms with E-state index in [0.29, 0.717) is 5.75 Å². The van der Waals surface area contributed by atoms with Crippen molar-refractivity contribution in [1.82, 2.24) is 0 Å².